The molecule has 3 rings (SSSR count). The summed E-state index contributed by atoms with van der Waals surface area (Å²) in [6, 6.07) is 10.9. The molecular formula is C20H16Cl4N6O. The molecule has 1 heterocycles. The number of nitrogens with one attached hydrogen (secondary N) is 3. The zero-order valence-corrected chi connectivity index (χ0v) is 19.3. The molecule has 0 saturated carbocycles. The van der Waals surface area contributed by atoms with Gasteiger partial charge in [0.1, 0.15) is 0 Å². The van der Waals surface area contributed by atoms with Crippen LogP contribution in [0, 0.1) is 13.8 Å². The number of carbonyl (C=O) groups is 1. The fourth-order valence-electron chi connectivity index (χ4n) is 2.50. The second-order valence-electron chi connectivity index (χ2n) is 6.37. The molecule has 11 heteroatoms. The molecule has 2 amide bonds. The number of nitrogens with zero attached hydrogens (tertiary/aromatic N) is 3. The second-order valence-corrected chi connectivity index (χ2v) is 8.00. The van der Waals surface area contributed by atoms with E-state index in [0.717, 1.165) is 11.4 Å². The van der Waals surface area contributed by atoms with Crippen LogP contribution in [0.15, 0.2) is 47.5 Å². The molecule has 0 radical (unpaired) electrons. The lowest BCUT2D eigenvalue weighted by atomic mass is 10.3. The molecule has 31 heavy (non-hydrogen) atoms. The van der Waals surface area contributed by atoms with Crippen molar-refractivity contribution in [2.75, 3.05) is 10.6 Å². The van der Waals surface area contributed by atoms with E-state index in [9.17, 15) is 4.79 Å². The van der Waals surface area contributed by atoms with Gasteiger partial charge in [-0.05, 0) is 56.3 Å². The third-order valence-corrected chi connectivity index (χ3v) is 5.25. The Bertz CT molecular complexity index is 1150. The van der Waals surface area contributed by atoms with Crippen molar-refractivity contribution >= 4 is 75.7 Å². The second kappa shape index (κ2) is 10.2. The summed E-state index contributed by atoms with van der Waals surface area (Å²) in [6.45, 7) is 3.65. The number of carbonyl (C=O) groups excluding carboxylic acids is 1. The molecule has 0 spiro atoms. The molecule has 0 saturated heterocycles. The Kier molecular flexibility index (Phi) is 7.56. The van der Waals surface area contributed by atoms with E-state index in [1.165, 1.54) is 6.07 Å². The van der Waals surface area contributed by atoms with E-state index in [1.54, 1.807) is 30.3 Å². The van der Waals surface area contributed by atoms with Crippen molar-refractivity contribution in [3.05, 3.63) is 73.9 Å². The number of halogens is 4. The van der Waals surface area contributed by atoms with Crippen molar-refractivity contribution in [3.8, 4) is 0 Å². The van der Waals surface area contributed by atoms with E-state index in [2.05, 4.69) is 30.9 Å². The van der Waals surface area contributed by atoms with Crippen molar-refractivity contribution in [1.29, 1.82) is 0 Å². The zero-order chi connectivity index (χ0) is 22.5. The predicted octanol–water partition coefficient (Wildman–Crippen LogP) is 6.63. The molecule has 0 aliphatic heterocycles. The Balaban J connectivity index is 1.86. The Morgan fingerprint density at radius 1 is 0.774 bits per heavy atom. The van der Waals surface area contributed by atoms with Crippen LogP contribution in [0.1, 0.15) is 11.4 Å². The minimum Gasteiger partial charge on any atom is -0.326 e. The van der Waals surface area contributed by atoms with Crippen LogP contribution >= 0.6 is 46.4 Å². The summed E-state index contributed by atoms with van der Waals surface area (Å²) in [5.41, 5.74) is 2.47. The molecule has 2 aromatic carbocycles. The van der Waals surface area contributed by atoms with Crippen LogP contribution in [0.5, 0.6) is 0 Å². The number of hydrogen-bond donors (Lipinski definition) is 3. The van der Waals surface area contributed by atoms with Gasteiger partial charge in [-0.25, -0.2) is 14.8 Å². The van der Waals surface area contributed by atoms with Gasteiger partial charge in [0.05, 0.1) is 20.1 Å². The Morgan fingerprint density at radius 3 is 1.81 bits per heavy atom. The van der Waals surface area contributed by atoms with Gasteiger partial charge >= 0.3 is 6.03 Å². The SMILES string of the molecule is Cc1cc(C)nc(/N=C(\NC(=O)Nc2ccc(Cl)c(Cl)c2)Nc2ccc(Cl)c(Cl)c2)n1. The third-order valence-electron chi connectivity index (χ3n) is 3.77. The summed E-state index contributed by atoms with van der Waals surface area (Å²) in [5, 5.41) is 9.69. The van der Waals surface area contributed by atoms with Gasteiger partial charge in [0.15, 0.2) is 0 Å². The summed E-state index contributed by atoms with van der Waals surface area (Å²) in [7, 11) is 0. The van der Waals surface area contributed by atoms with E-state index >= 15 is 0 Å². The first-order valence-electron chi connectivity index (χ1n) is 8.86. The average Bonchev–Trinajstić information content (AvgIpc) is 2.67. The van der Waals surface area contributed by atoms with E-state index in [4.69, 9.17) is 46.4 Å². The molecule has 0 unspecified atom stereocenters. The lowest BCUT2D eigenvalue weighted by molar-refractivity contribution is 0.256. The van der Waals surface area contributed by atoms with Crippen LogP contribution in [0.25, 0.3) is 0 Å². The average molecular weight is 498 g/mol. The highest BCUT2D eigenvalue weighted by Gasteiger charge is 2.11. The van der Waals surface area contributed by atoms with Crippen molar-refractivity contribution in [1.82, 2.24) is 15.3 Å². The third kappa shape index (κ3) is 6.70. The summed E-state index contributed by atoms with van der Waals surface area (Å²) < 4.78 is 0. The molecule has 0 fully saturated rings. The number of aromatic nitrogens is 2. The van der Waals surface area contributed by atoms with Crippen molar-refractivity contribution < 1.29 is 4.79 Å². The number of hydrogen-bond acceptors (Lipinski definition) is 4. The first kappa shape index (κ1) is 23.1. The zero-order valence-electron chi connectivity index (χ0n) is 16.3. The maximum absolute atomic E-state index is 12.5. The van der Waals surface area contributed by atoms with Gasteiger partial charge in [0.2, 0.25) is 5.96 Å². The normalized spacial score (nSPS) is 11.2. The number of aryl methyl sites for hydroxylation is 2. The van der Waals surface area contributed by atoms with Crippen LogP contribution < -0.4 is 16.0 Å². The van der Waals surface area contributed by atoms with Gasteiger partial charge in [-0.2, -0.15) is 4.99 Å². The summed E-state index contributed by atoms with van der Waals surface area (Å²) in [4.78, 5) is 25.4. The summed E-state index contributed by atoms with van der Waals surface area (Å²) in [6.07, 6.45) is 0. The van der Waals surface area contributed by atoms with E-state index in [-0.39, 0.29) is 11.9 Å². The summed E-state index contributed by atoms with van der Waals surface area (Å²) >= 11 is 24.0. The van der Waals surface area contributed by atoms with Crippen LogP contribution in [-0.2, 0) is 0 Å². The van der Waals surface area contributed by atoms with E-state index in [1.807, 2.05) is 19.9 Å². The summed E-state index contributed by atoms with van der Waals surface area (Å²) in [5.74, 6) is 0.246. The largest absolute Gasteiger partial charge is 0.326 e. The molecule has 160 valence electrons. The molecule has 0 aliphatic carbocycles. The van der Waals surface area contributed by atoms with Gasteiger partial charge in [-0.3, -0.25) is 5.32 Å². The van der Waals surface area contributed by atoms with Crippen LogP contribution in [0.3, 0.4) is 0 Å². The maximum atomic E-state index is 12.5. The number of amides is 2. The van der Waals surface area contributed by atoms with E-state index in [0.29, 0.717) is 31.5 Å². The highest BCUT2D eigenvalue weighted by atomic mass is 35.5. The molecule has 1 aromatic heterocycles. The highest BCUT2D eigenvalue weighted by molar-refractivity contribution is 6.42. The molecule has 3 N–H and O–H groups in total. The number of rotatable bonds is 3. The first-order chi connectivity index (χ1) is 14.7. The van der Waals surface area contributed by atoms with Crippen molar-refractivity contribution in [2.45, 2.75) is 13.8 Å². The Labute approximate surface area is 198 Å². The topological polar surface area (TPSA) is 91.3 Å². The van der Waals surface area contributed by atoms with E-state index < -0.39 is 6.03 Å². The number of guanidine groups is 1. The number of anilines is 2. The molecule has 3 aromatic rings. The van der Waals surface area contributed by atoms with Crippen LogP contribution in [0.4, 0.5) is 22.1 Å². The van der Waals surface area contributed by atoms with Gasteiger partial charge in [0.25, 0.3) is 5.95 Å². The lowest BCUT2D eigenvalue weighted by Gasteiger charge is -2.13. The molecular weight excluding hydrogens is 482 g/mol. The maximum Gasteiger partial charge on any atom is 0.326 e. The Morgan fingerprint density at radius 2 is 1.29 bits per heavy atom. The van der Waals surface area contributed by atoms with Crippen LogP contribution in [-0.4, -0.2) is 22.0 Å². The molecule has 0 atom stereocenters. The Hall–Kier alpha value is -2.58. The van der Waals surface area contributed by atoms with Crippen LogP contribution in [0.2, 0.25) is 20.1 Å². The number of aliphatic imine (C=N–C) groups is 1. The van der Waals surface area contributed by atoms with Gasteiger partial charge in [0, 0.05) is 22.8 Å². The monoisotopic (exact) mass is 496 g/mol. The van der Waals surface area contributed by atoms with Crippen molar-refractivity contribution in [3.63, 3.8) is 0 Å². The minimum absolute atomic E-state index is 0.0703. The van der Waals surface area contributed by atoms with Gasteiger partial charge in [-0.1, -0.05) is 46.4 Å². The van der Waals surface area contributed by atoms with Gasteiger partial charge < -0.3 is 10.6 Å². The number of urea groups is 1. The predicted molar refractivity (Wildman–Crippen MR) is 127 cm³/mol. The fraction of sp³-hybridized carbons (Fsp3) is 0.100. The molecule has 7 nitrogen and oxygen atoms in total. The smallest absolute Gasteiger partial charge is 0.326 e. The standard InChI is InChI=1S/C20H16Cl4N6O/c1-10-7-11(2)26-18(25-10)29-19(27-12-3-5-14(21)16(23)8-12)30-20(31)28-13-4-6-15(22)17(24)9-13/h3-9H,1-2H3,(H3,25,26,27,28,29,30,31). The van der Waals surface area contributed by atoms with Gasteiger partial charge in [-0.15, -0.1) is 0 Å². The highest BCUT2D eigenvalue weighted by Crippen LogP contribution is 2.26. The quantitative estimate of drug-likeness (QED) is 0.279. The molecule has 0 aliphatic rings. The fourth-order valence-corrected chi connectivity index (χ4v) is 3.10. The first-order valence-corrected chi connectivity index (χ1v) is 10.4. The molecule has 0 bridgehead atoms. The lowest BCUT2D eigenvalue weighted by Crippen LogP contribution is -2.38. The minimum atomic E-state index is -0.575. The van der Waals surface area contributed by atoms with Crippen molar-refractivity contribution in [2.24, 2.45) is 4.99 Å². The number of benzene rings is 2.